The van der Waals surface area contributed by atoms with Gasteiger partial charge >= 0.3 is 0 Å². The Bertz CT molecular complexity index is 1370. The average Bonchev–Trinajstić information content (AvgIpc) is 3.21. The Morgan fingerprint density at radius 1 is 1.00 bits per heavy atom. The first kappa shape index (κ1) is 22.7. The van der Waals surface area contributed by atoms with Gasteiger partial charge in [0.25, 0.3) is 0 Å². The van der Waals surface area contributed by atoms with E-state index < -0.39 is 15.9 Å². The number of benzene rings is 3. The number of carbonyl (C=O) groups is 1. The molecule has 0 saturated carbocycles. The maximum atomic E-state index is 13.3. The normalized spacial score (nSPS) is 11.7. The van der Waals surface area contributed by atoms with Crippen molar-refractivity contribution in [3.05, 3.63) is 88.5 Å². The van der Waals surface area contributed by atoms with E-state index in [0.717, 1.165) is 14.4 Å². The number of fused-ring (bicyclic) bond motifs is 1. The van der Waals surface area contributed by atoms with Gasteiger partial charge in [-0.1, -0.05) is 35.3 Å². The molecule has 6 nitrogen and oxygen atoms in total. The smallest absolute Gasteiger partial charge is 0.243 e. The zero-order valence-corrected chi connectivity index (χ0v) is 19.7. The van der Waals surface area contributed by atoms with E-state index in [2.05, 4.69) is 9.69 Å². The van der Waals surface area contributed by atoms with Crippen LogP contribution in [0.3, 0.4) is 0 Å². The van der Waals surface area contributed by atoms with E-state index in [-0.39, 0.29) is 18.0 Å². The molecular weight excluding hydrogens is 489 g/mol. The van der Waals surface area contributed by atoms with Crippen LogP contribution in [0, 0.1) is 0 Å². The lowest BCUT2D eigenvalue weighted by Gasteiger charge is -2.22. The molecule has 4 rings (SSSR count). The molecule has 1 heterocycles. The Morgan fingerprint density at radius 3 is 2.53 bits per heavy atom. The maximum absolute atomic E-state index is 13.3. The molecule has 0 bridgehead atoms. The lowest BCUT2D eigenvalue weighted by molar-refractivity contribution is -0.116. The summed E-state index contributed by atoms with van der Waals surface area (Å²) in [4.78, 5) is 12.9. The van der Waals surface area contributed by atoms with Crippen LogP contribution in [0.15, 0.2) is 77.8 Å². The standard InChI is InChI=1S/C22H17Cl2N3O3S2/c23-17-4-7-20(8-5-17)32(29,30)27(13-15-2-1-3-18(24)10-15)14-22(28)26-19-6-9-21-16(11-19)12-25-31-21/h1-12H,13-14H2,(H,26,28). The first-order valence-electron chi connectivity index (χ1n) is 9.46. The molecule has 0 unspecified atom stereocenters. The zero-order chi connectivity index (χ0) is 22.7. The highest BCUT2D eigenvalue weighted by atomic mass is 35.5. The van der Waals surface area contributed by atoms with Crippen LogP contribution in [0.1, 0.15) is 5.56 Å². The van der Waals surface area contributed by atoms with E-state index >= 15 is 0 Å². The quantitative estimate of drug-likeness (QED) is 0.363. The predicted molar refractivity (Wildman–Crippen MR) is 129 cm³/mol. The number of anilines is 1. The van der Waals surface area contributed by atoms with Crippen molar-refractivity contribution in [1.29, 1.82) is 0 Å². The molecule has 164 valence electrons. The molecule has 1 N–H and O–H groups in total. The van der Waals surface area contributed by atoms with Crippen molar-refractivity contribution < 1.29 is 13.2 Å². The molecule has 0 spiro atoms. The number of halogens is 2. The molecule has 0 aliphatic carbocycles. The lowest BCUT2D eigenvalue weighted by atomic mass is 10.2. The van der Waals surface area contributed by atoms with Crippen molar-refractivity contribution in [2.45, 2.75) is 11.4 Å². The summed E-state index contributed by atoms with van der Waals surface area (Å²) < 4.78 is 32.9. The number of nitrogens with one attached hydrogen (secondary N) is 1. The SMILES string of the molecule is O=C(CN(Cc1cccc(Cl)c1)S(=O)(=O)c1ccc(Cl)cc1)Nc1ccc2sncc2c1. The molecule has 10 heteroatoms. The fourth-order valence-electron chi connectivity index (χ4n) is 3.13. The summed E-state index contributed by atoms with van der Waals surface area (Å²) in [6.45, 7) is -0.399. The number of nitrogens with zero attached hydrogens (tertiary/aromatic N) is 2. The van der Waals surface area contributed by atoms with Gasteiger partial charge < -0.3 is 5.32 Å². The third kappa shape index (κ3) is 5.28. The Hall–Kier alpha value is -2.49. The van der Waals surface area contributed by atoms with Gasteiger partial charge in [0.05, 0.1) is 16.1 Å². The highest BCUT2D eigenvalue weighted by molar-refractivity contribution is 7.89. The Kier molecular flexibility index (Phi) is 6.78. The van der Waals surface area contributed by atoms with Gasteiger partial charge in [-0.2, -0.15) is 8.68 Å². The fourth-order valence-corrected chi connectivity index (χ4v) is 5.48. The first-order valence-corrected chi connectivity index (χ1v) is 12.4. The molecule has 0 aliphatic heterocycles. The summed E-state index contributed by atoms with van der Waals surface area (Å²) in [7, 11) is -3.98. The number of rotatable bonds is 7. The largest absolute Gasteiger partial charge is 0.325 e. The number of sulfonamides is 1. The van der Waals surface area contributed by atoms with Gasteiger partial charge in [0.2, 0.25) is 15.9 Å². The van der Waals surface area contributed by atoms with E-state index in [1.54, 1.807) is 42.6 Å². The van der Waals surface area contributed by atoms with Crippen LogP contribution in [0.25, 0.3) is 10.1 Å². The predicted octanol–water partition coefficient (Wildman–Crippen LogP) is 5.43. The monoisotopic (exact) mass is 505 g/mol. The van der Waals surface area contributed by atoms with Gasteiger partial charge in [0, 0.05) is 33.9 Å². The molecule has 0 atom stereocenters. The van der Waals surface area contributed by atoms with Crippen molar-refractivity contribution in [1.82, 2.24) is 8.68 Å². The second kappa shape index (κ2) is 9.56. The van der Waals surface area contributed by atoms with Gasteiger partial charge in [-0.3, -0.25) is 4.79 Å². The number of hydrogen-bond donors (Lipinski definition) is 1. The Balaban J connectivity index is 1.60. The van der Waals surface area contributed by atoms with Crippen molar-refractivity contribution in [2.75, 3.05) is 11.9 Å². The van der Waals surface area contributed by atoms with Crippen LogP contribution >= 0.6 is 34.7 Å². The van der Waals surface area contributed by atoms with Gasteiger partial charge in [-0.15, -0.1) is 0 Å². The fraction of sp³-hybridized carbons (Fsp3) is 0.0909. The Labute approximate surface area is 199 Å². The highest BCUT2D eigenvalue weighted by Gasteiger charge is 2.27. The van der Waals surface area contributed by atoms with Gasteiger partial charge in [0.15, 0.2) is 0 Å². The van der Waals surface area contributed by atoms with Crippen molar-refractivity contribution >= 4 is 66.4 Å². The maximum Gasteiger partial charge on any atom is 0.243 e. The Morgan fingerprint density at radius 2 is 1.78 bits per heavy atom. The van der Waals surface area contributed by atoms with Crippen molar-refractivity contribution in [2.24, 2.45) is 0 Å². The molecule has 0 aliphatic rings. The summed E-state index contributed by atoms with van der Waals surface area (Å²) in [5, 5.41) is 4.57. The zero-order valence-electron chi connectivity index (χ0n) is 16.5. The number of carbonyl (C=O) groups excluding carboxylic acids is 1. The van der Waals surface area contributed by atoms with Crippen molar-refractivity contribution in [3.63, 3.8) is 0 Å². The van der Waals surface area contributed by atoms with Crippen LogP contribution in [0.5, 0.6) is 0 Å². The van der Waals surface area contributed by atoms with Crippen LogP contribution in [-0.4, -0.2) is 29.5 Å². The number of amides is 1. The molecule has 1 amide bonds. The third-order valence-corrected chi connectivity index (χ3v) is 7.73. The van der Waals surface area contributed by atoms with Crippen molar-refractivity contribution in [3.8, 4) is 0 Å². The minimum absolute atomic E-state index is 0.0214. The molecule has 32 heavy (non-hydrogen) atoms. The minimum atomic E-state index is -3.98. The highest BCUT2D eigenvalue weighted by Crippen LogP contribution is 2.24. The first-order chi connectivity index (χ1) is 15.3. The molecule has 0 fully saturated rings. The summed E-state index contributed by atoms with van der Waals surface area (Å²) in [5.74, 6) is -0.466. The average molecular weight is 506 g/mol. The summed E-state index contributed by atoms with van der Waals surface area (Å²) >= 11 is 13.3. The second-order valence-corrected chi connectivity index (χ2v) is 10.6. The van der Waals surface area contributed by atoms with E-state index in [1.165, 1.54) is 35.8 Å². The van der Waals surface area contributed by atoms with Gasteiger partial charge in [-0.25, -0.2) is 8.42 Å². The lowest BCUT2D eigenvalue weighted by Crippen LogP contribution is -2.37. The van der Waals surface area contributed by atoms with E-state index in [9.17, 15) is 13.2 Å². The van der Waals surface area contributed by atoms with E-state index in [4.69, 9.17) is 23.2 Å². The molecule has 0 saturated heterocycles. The summed E-state index contributed by atoms with van der Waals surface area (Å²) in [6.07, 6.45) is 1.71. The van der Waals surface area contributed by atoms with Gasteiger partial charge in [-0.05, 0) is 71.7 Å². The third-order valence-electron chi connectivity index (χ3n) is 4.66. The van der Waals surface area contributed by atoms with Crippen LogP contribution < -0.4 is 5.32 Å². The number of aromatic nitrogens is 1. The van der Waals surface area contributed by atoms with Crippen LogP contribution in [0.4, 0.5) is 5.69 Å². The van der Waals surface area contributed by atoms with E-state index in [0.29, 0.717) is 21.3 Å². The molecule has 0 radical (unpaired) electrons. The molecule has 1 aromatic heterocycles. The summed E-state index contributed by atoms with van der Waals surface area (Å²) in [5.41, 5.74) is 1.22. The number of hydrogen-bond acceptors (Lipinski definition) is 5. The van der Waals surface area contributed by atoms with E-state index in [1.807, 2.05) is 6.07 Å². The van der Waals surface area contributed by atoms with Gasteiger partial charge in [0.1, 0.15) is 0 Å². The van der Waals surface area contributed by atoms with Crippen LogP contribution in [0.2, 0.25) is 10.0 Å². The topological polar surface area (TPSA) is 79.4 Å². The molecular formula is C22H17Cl2N3O3S2. The van der Waals surface area contributed by atoms with Crippen LogP contribution in [-0.2, 0) is 21.4 Å². The minimum Gasteiger partial charge on any atom is -0.325 e. The summed E-state index contributed by atoms with van der Waals surface area (Å²) in [6, 6.07) is 18.1. The molecule has 3 aromatic carbocycles. The molecule has 4 aromatic rings. The second-order valence-electron chi connectivity index (χ2n) is 6.98.